The number of ether oxygens (including phenoxy) is 2. The second-order valence-corrected chi connectivity index (χ2v) is 9.05. The van der Waals surface area contributed by atoms with Crippen molar-refractivity contribution in [1.29, 1.82) is 0 Å². The van der Waals surface area contributed by atoms with E-state index in [4.69, 9.17) is 13.9 Å². The highest BCUT2D eigenvalue weighted by Crippen LogP contribution is 2.26. The summed E-state index contributed by atoms with van der Waals surface area (Å²) in [6.07, 6.45) is 0.939. The van der Waals surface area contributed by atoms with Gasteiger partial charge in [0.05, 0.1) is 13.7 Å². The number of esters is 2. The van der Waals surface area contributed by atoms with E-state index in [0.29, 0.717) is 6.42 Å². The number of carbonyl (C=O) groups excluding carboxylic acids is 3. The zero-order chi connectivity index (χ0) is 22.5. The van der Waals surface area contributed by atoms with Gasteiger partial charge in [-0.1, -0.05) is 6.92 Å². The summed E-state index contributed by atoms with van der Waals surface area (Å²) in [5, 5.41) is 2.38. The number of amides is 1. The second-order valence-electron chi connectivity index (χ2n) is 7.18. The quantitative estimate of drug-likeness (QED) is 0.594. The molecule has 168 valence electrons. The number of nitrogens with one attached hydrogen (secondary N) is 1. The summed E-state index contributed by atoms with van der Waals surface area (Å²) in [7, 11) is -2.69. The smallest absolute Gasteiger partial charge is 0.374 e. The maximum Gasteiger partial charge on any atom is 0.374 e. The molecule has 1 unspecified atom stereocenters. The number of rotatable bonds is 8. The lowest BCUT2D eigenvalue weighted by molar-refractivity contribution is -0.151. The first-order valence-electron chi connectivity index (χ1n) is 9.76. The van der Waals surface area contributed by atoms with Crippen LogP contribution in [0.4, 0.5) is 0 Å². The molecule has 0 spiro atoms. The molecule has 1 N–H and O–H groups in total. The van der Waals surface area contributed by atoms with E-state index in [1.807, 2.05) is 0 Å². The Labute approximate surface area is 175 Å². The second kappa shape index (κ2) is 9.61. The molecule has 1 aromatic heterocycles. The molecule has 0 aromatic carbocycles. The molecular weight excluding hydrogens is 416 g/mol. The number of carbonyl (C=O) groups is 3. The Hall–Kier alpha value is -2.40. The lowest BCUT2D eigenvalue weighted by Gasteiger charge is -2.33. The van der Waals surface area contributed by atoms with Gasteiger partial charge in [0, 0.05) is 19.0 Å². The Morgan fingerprint density at radius 1 is 1.23 bits per heavy atom. The Morgan fingerprint density at radius 2 is 1.87 bits per heavy atom. The minimum absolute atomic E-state index is 0.108. The molecular formula is C19H28N2O8S. The summed E-state index contributed by atoms with van der Waals surface area (Å²) < 4.78 is 41.5. The van der Waals surface area contributed by atoms with Crippen LogP contribution < -0.4 is 5.32 Å². The van der Waals surface area contributed by atoms with E-state index in [2.05, 4.69) is 5.32 Å². The van der Waals surface area contributed by atoms with Crippen LogP contribution in [-0.2, 0) is 29.1 Å². The van der Waals surface area contributed by atoms with Crippen LogP contribution in [0.2, 0.25) is 0 Å². The van der Waals surface area contributed by atoms with Crippen LogP contribution in [-0.4, -0.2) is 62.9 Å². The average Bonchev–Trinajstić information content (AvgIpc) is 3.24. The number of piperidine rings is 1. The van der Waals surface area contributed by atoms with Crippen molar-refractivity contribution in [2.75, 3.05) is 26.8 Å². The Kier molecular flexibility index (Phi) is 7.64. The van der Waals surface area contributed by atoms with Gasteiger partial charge < -0.3 is 19.2 Å². The summed E-state index contributed by atoms with van der Waals surface area (Å²) in [6.45, 7) is 5.35. The van der Waals surface area contributed by atoms with Gasteiger partial charge in [0.25, 0.3) is 10.0 Å². The number of nitrogens with zero attached hydrogens (tertiary/aromatic N) is 1. The fourth-order valence-corrected chi connectivity index (χ4v) is 4.52. The van der Waals surface area contributed by atoms with Gasteiger partial charge in [0.2, 0.25) is 16.8 Å². The highest BCUT2D eigenvalue weighted by molar-refractivity contribution is 7.89. The monoisotopic (exact) mass is 444 g/mol. The average molecular weight is 445 g/mol. The third-order valence-corrected chi connectivity index (χ3v) is 6.99. The molecule has 1 amide bonds. The normalized spacial score (nSPS) is 17.7. The van der Waals surface area contributed by atoms with Crippen molar-refractivity contribution in [3.8, 4) is 0 Å². The predicted octanol–water partition coefficient (Wildman–Crippen LogP) is 1.31. The first-order valence-corrected chi connectivity index (χ1v) is 11.2. The summed E-state index contributed by atoms with van der Waals surface area (Å²) >= 11 is 0. The highest BCUT2D eigenvalue weighted by atomic mass is 32.2. The lowest BCUT2D eigenvalue weighted by Crippen LogP contribution is -2.55. The minimum Gasteiger partial charge on any atom is -0.467 e. The molecule has 0 aliphatic carbocycles. The molecule has 11 heteroatoms. The van der Waals surface area contributed by atoms with Gasteiger partial charge in [0.15, 0.2) is 0 Å². The van der Waals surface area contributed by atoms with Crippen LogP contribution in [0.1, 0.15) is 50.6 Å². The van der Waals surface area contributed by atoms with E-state index >= 15 is 0 Å². The van der Waals surface area contributed by atoms with Gasteiger partial charge in [-0.25, -0.2) is 18.0 Å². The standard InChI is InChI=1S/C19H28N2O8S/c1-5-19(3,18(24)27-4)20-16(22)13-9-11-21(12-10-13)30(25,26)15-8-7-14(29-15)17(23)28-6-2/h7-8,13H,5-6,9-12H2,1-4H3,(H,20,22). The summed E-state index contributed by atoms with van der Waals surface area (Å²) in [5.41, 5.74) is -1.13. The molecule has 2 rings (SSSR count). The number of sulfonamides is 1. The Balaban J connectivity index is 2.01. The zero-order valence-electron chi connectivity index (χ0n) is 17.6. The SMILES string of the molecule is CCOC(=O)c1ccc(S(=O)(=O)N2CCC(C(=O)NC(C)(CC)C(=O)OC)CC2)o1. The van der Waals surface area contributed by atoms with Crippen molar-refractivity contribution >= 4 is 27.9 Å². The van der Waals surface area contributed by atoms with E-state index in [1.165, 1.54) is 23.5 Å². The fraction of sp³-hybridized carbons (Fsp3) is 0.632. The van der Waals surface area contributed by atoms with E-state index in [0.717, 1.165) is 0 Å². The predicted molar refractivity (Wildman–Crippen MR) is 105 cm³/mol. The molecule has 0 bridgehead atoms. The van der Waals surface area contributed by atoms with Crippen LogP contribution in [0.15, 0.2) is 21.6 Å². The van der Waals surface area contributed by atoms with Crippen molar-refractivity contribution in [3.63, 3.8) is 0 Å². The first-order chi connectivity index (χ1) is 14.1. The maximum absolute atomic E-state index is 12.8. The summed E-state index contributed by atoms with van der Waals surface area (Å²) in [4.78, 5) is 36.2. The van der Waals surface area contributed by atoms with Crippen molar-refractivity contribution in [1.82, 2.24) is 9.62 Å². The number of methoxy groups -OCH3 is 1. The Bertz CT molecular complexity index is 886. The van der Waals surface area contributed by atoms with Crippen LogP contribution in [0.5, 0.6) is 0 Å². The highest BCUT2D eigenvalue weighted by Gasteiger charge is 2.39. The molecule has 30 heavy (non-hydrogen) atoms. The van der Waals surface area contributed by atoms with Crippen LogP contribution in [0.25, 0.3) is 0 Å². The zero-order valence-corrected chi connectivity index (χ0v) is 18.4. The van der Waals surface area contributed by atoms with Crippen molar-refractivity contribution in [2.24, 2.45) is 5.92 Å². The number of hydrogen-bond donors (Lipinski definition) is 1. The molecule has 10 nitrogen and oxygen atoms in total. The van der Waals surface area contributed by atoms with Gasteiger partial charge in [-0.15, -0.1) is 0 Å². The molecule has 1 aromatic rings. The van der Waals surface area contributed by atoms with Gasteiger partial charge >= 0.3 is 11.9 Å². The molecule has 1 aliphatic rings. The third kappa shape index (κ3) is 5.01. The van der Waals surface area contributed by atoms with Gasteiger partial charge in [-0.05, 0) is 45.2 Å². The third-order valence-electron chi connectivity index (χ3n) is 5.22. The molecule has 0 saturated carbocycles. The Morgan fingerprint density at radius 3 is 2.40 bits per heavy atom. The van der Waals surface area contributed by atoms with Crippen LogP contribution in [0, 0.1) is 5.92 Å². The van der Waals surface area contributed by atoms with E-state index in [-0.39, 0.29) is 49.3 Å². The summed E-state index contributed by atoms with van der Waals surface area (Å²) in [5.74, 6) is -2.21. The van der Waals surface area contributed by atoms with Gasteiger partial charge in [-0.3, -0.25) is 4.79 Å². The largest absolute Gasteiger partial charge is 0.467 e. The number of hydrogen-bond acceptors (Lipinski definition) is 8. The summed E-state index contributed by atoms with van der Waals surface area (Å²) in [6, 6.07) is 2.47. The maximum atomic E-state index is 12.8. The van der Waals surface area contributed by atoms with Crippen molar-refractivity contribution in [2.45, 2.75) is 50.7 Å². The van der Waals surface area contributed by atoms with E-state index < -0.39 is 33.4 Å². The van der Waals surface area contributed by atoms with Crippen LogP contribution in [0.3, 0.4) is 0 Å². The molecule has 0 radical (unpaired) electrons. The number of furan rings is 1. The van der Waals surface area contributed by atoms with E-state index in [1.54, 1.807) is 20.8 Å². The van der Waals surface area contributed by atoms with Crippen molar-refractivity contribution < 1.29 is 36.7 Å². The van der Waals surface area contributed by atoms with Crippen molar-refractivity contribution in [3.05, 3.63) is 17.9 Å². The first kappa shape index (κ1) is 23.9. The topological polar surface area (TPSA) is 132 Å². The van der Waals surface area contributed by atoms with E-state index in [9.17, 15) is 22.8 Å². The molecule has 1 fully saturated rings. The van der Waals surface area contributed by atoms with Crippen LogP contribution >= 0.6 is 0 Å². The molecule has 1 aliphatic heterocycles. The fourth-order valence-electron chi connectivity index (χ4n) is 3.14. The molecule has 1 atom stereocenters. The molecule has 1 saturated heterocycles. The van der Waals surface area contributed by atoms with Gasteiger partial charge in [0.1, 0.15) is 5.54 Å². The lowest BCUT2D eigenvalue weighted by atomic mass is 9.93. The molecule has 2 heterocycles. The minimum atomic E-state index is -3.94. The van der Waals surface area contributed by atoms with Gasteiger partial charge in [-0.2, -0.15) is 4.31 Å².